The first-order valence-corrected chi connectivity index (χ1v) is 6.22. The fourth-order valence-electron chi connectivity index (χ4n) is 2.50. The van der Waals surface area contributed by atoms with Gasteiger partial charge in [0.05, 0.1) is 11.7 Å². The summed E-state index contributed by atoms with van der Waals surface area (Å²) in [6, 6.07) is 0.109. The van der Waals surface area contributed by atoms with Gasteiger partial charge in [0.25, 0.3) is 0 Å². The molecular formula is C14H25N3. The molecular weight excluding hydrogens is 210 g/mol. The van der Waals surface area contributed by atoms with Gasteiger partial charge in [-0.05, 0) is 31.9 Å². The number of hydrogen-bond acceptors (Lipinski definition) is 3. The summed E-state index contributed by atoms with van der Waals surface area (Å²) >= 11 is 0. The molecule has 0 saturated heterocycles. The predicted octanol–water partition coefficient (Wildman–Crippen LogP) is 3.32. The third kappa shape index (κ3) is 3.69. The van der Waals surface area contributed by atoms with E-state index in [4.69, 9.17) is 5.41 Å². The van der Waals surface area contributed by atoms with Crippen LogP contribution >= 0.6 is 0 Å². The quantitative estimate of drug-likeness (QED) is 0.729. The molecule has 1 rings (SSSR count). The van der Waals surface area contributed by atoms with Crippen molar-refractivity contribution in [2.45, 2.75) is 46.6 Å². The van der Waals surface area contributed by atoms with Gasteiger partial charge in [-0.2, -0.15) is 0 Å². The van der Waals surface area contributed by atoms with Crippen LogP contribution in [-0.2, 0) is 0 Å². The molecule has 1 aliphatic carbocycles. The molecule has 1 saturated carbocycles. The lowest BCUT2D eigenvalue weighted by Crippen LogP contribution is -2.44. The number of nitrogens with one attached hydrogen (secondary N) is 1. The maximum atomic E-state index is 7.94. The van der Waals surface area contributed by atoms with Gasteiger partial charge in [0.1, 0.15) is 0 Å². The summed E-state index contributed by atoms with van der Waals surface area (Å²) in [5.41, 5.74) is 1.81. The zero-order valence-corrected chi connectivity index (χ0v) is 11.7. The molecule has 0 aromatic rings. The largest absolute Gasteiger partial charge is 0.370 e. The van der Waals surface area contributed by atoms with Gasteiger partial charge in [0, 0.05) is 24.9 Å². The summed E-state index contributed by atoms with van der Waals surface area (Å²) < 4.78 is 0. The Morgan fingerprint density at radius 3 is 2.29 bits per heavy atom. The highest BCUT2D eigenvalue weighted by molar-refractivity contribution is 5.85. The molecule has 0 bridgehead atoms. The second-order valence-corrected chi connectivity index (χ2v) is 6.10. The standard InChI is InChI=1S/C14H25N3/c1-10(15)13(14(2,3)4)17(6)9-12(16-5)11-7-8-11/h9,11,13,15H,5,7-8H2,1-4,6H3/b12-9-,15-10?. The average Bonchev–Trinajstić information content (AvgIpc) is 2.93. The zero-order chi connectivity index (χ0) is 13.2. The van der Waals surface area contributed by atoms with Crippen molar-refractivity contribution in [2.75, 3.05) is 7.05 Å². The lowest BCUT2D eigenvalue weighted by molar-refractivity contribution is 0.229. The van der Waals surface area contributed by atoms with Crippen LogP contribution in [0.1, 0.15) is 40.5 Å². The molecule has 17 heavy (non-hydrogen) atoms. The Kier molecular flexibility index (Phi) is 4.12. The van der Waals surface area contributed by atoms with Gasteiger partial charge in [0.15, 0.2) is 0 Å². The Balaban J connectivity index is 2.88. The highest BCUT2D eigenvalue weighted by atomic mass is 15.1. The molecule has 1 atom stereocenters. The fraction of sp³-hybridized carbons (Fsp3) is 0.714. The average molecular weight is 235 g/mol. The van der Waals surface area contributed by atoms with Crippen LogP contribution in [0.5, 0.6) is 0 Å². The summed E-state index contributed by atoms with van der Waals surface area (Å²) in [5.74, 6) is 0.599. The molecule has 96 valence electrons. The van der Waals surface area contributed by atoms with E-state index in [9.17, 15) is 0 Å². The van der Waals surface area contributed by atoms with Crippen molar-refractivity contribution in [2.24, 2.45) is 16.3 Å². The Bertz CT molecular complexity index is 332. The normalized spacial score (nSPS) is 18.8. The molecule has 1 fully saturated rings. The Morgan fingerprint density at radius 1 is 1.47 bits per heavy atom. The van der Waals surface area contributed by atoms with Crippen LogP contribution in [-0.4, -0.2) is 30.4 Å². The SMILES string of the molecule is C=N/C(=C\N(C)C(C(C)=N)C(C)(C)C)C1CC1. The molecule has 1 unspecified atom stereocenters. The van der Waals surface area contributed by atoms with E-state index in [2.05, 4.69) is 43.6 Å². The Morgan fingerprint density at radius 2 is 2.00 bits per heavy atom. The van der Waals surface area contributed by atoms with E-state index in [0.717, 1.165) is 5.70 Å². The van der Waals surface area contributed by atoms with Gasteiger partial charge in [-0.3, -0.25) is 4.99 Å². The number of aliphatic imine (C=N–C) groups is 1. The first-order chi connectivity index (χ1) is 7.77. The van der Waals surface area contributed by atoms with Crippen LogP contribution in [0.3, 0.4) is 0 Å². The van der Waals surface area contributed by atoms with Gasteiger partial charge >= 0.3 is 0 Å². The Hall–Kier alpha value is -1.12. The van der Waals surface area contributed by atoms with Gasteiger partial charge in [0.2, 0.25) is 0 Å². The van der Waals surface area contributed by atoms with E-state index in [-0.39, 0.29) is 11.5 Å². The number of hydrogen-bond donors (Lipinski definition) is 1. The summed E-state index contributed by atoms with van der Waals surface area (Å²) in [4.78, 5) is 6.23. The van der Waals surface area contributed by atoms with Gasteiger partial charge < -0.3 is 10.3 Å². The van der Waals surface area contributed by atoms with Crippen LogP contribution in [0.25, 0.3) is 0 Å². The van der Waals surface area contributed by atoms with Crippen LogP contribution in [0.15, 0.2) is 16.9 Å². The Labute approximate surface area is 105 Å². The second kappa shape index (κ2) is 5.03. The minimum Gasteiger partial charge on any atom is -0.370 e. The number of nitrogens with zero attached hydrogens (tertiary/aromatic N) is 2. The summed E-state index contributed by atoms with van der Waals surface area (Å²) in [6.45, 7) is 12.0. The highest BCUT2D eigenvalue weighted by Gasteiger charge is 2.31. The van der Waals surface area contributed by atoms with Crippen LogP contribution in [0.2, 0.25) is 0 Å². The first kappa shape index (κ1) is 13.9. The number of rotatable bonds is 5. The molecule has 0 aromatic heterocycles. The fourth-order valence-corrected chi connectivity index (χ4v) is 2.50. The maximum Gasteiger partial charge on any atom is 0.0704 e. The van der Waals surface area contributed by atoms with Crippen molar-refractivity contribution in [3.63, 3.8) is 0 Å². The molecule has 0 spiro atoms. The lowest BCUT2D eigenvalue weighted by Gasteiger charge is -2.37. The van der Waals surface area contributed by atoms with E-state index in [1.165, 1.54) is 12.8 Å². The van der Waals surface area contributed by atoms with E-state index in [1.807, 2.05) is 14.0 Å². The van der Waals surface area contributed by atoms with Crippen molar-refractivity contribution in [1.82, 2.24) is 4.90 Å². The summed E-state index contributed by atoms with van der Waals surface area (Å²) in [5, 5.41) is 7.94. The van der Waals surface area contributed by atoms with E-state index in [0.29, 0.717) is 11.6 Å². The third-order valence-electron chi connectivity index (χ3n) is 3.15. The van der Waals surface area contributed by atoms with Crippen molar-refractivity contribution in [1.29, 1.82) is 5.41 Å². The first-order valence-electron chi connectivity index (χ1n) is 6.22. The third-order valence-corrected chi connectivity index (χ3v) is 3.15. The van der Waals surface area contributed by atoms with Gasteiger partial charge in [-0.1, -0.05) is 20.8 Å². The van der Waals surface area contributed by atoms with E-state index in [1.54, 1.807) is 0 Å². The molecule has 0 radical (unpaired) electrons. The zero-order valence-electron chi connectivity index (χ0n) is 11.7. The predicted molar refractivity (Wildman–Crippen MR) is 74.8 cm³/mol. The molecule has 1 N–H and O–H groups in total. The van der Waals surface area contributed by atoms with E-state index >= 15 is 0 Å². The summed E-state index contributed by atoms with van der Waals surface area (Å²) in [6.07, 6.45) is 4.52. The molecule has 3 heteroatoms. The molecule has 0 heterocycles. The molecule has 0 aromatic carbocycles. The van der Waals surface area contributed by atoms with Gasteiger partial charge in [-0.15, -0.1) is 0 Å². The molecule has 0 amide bonds. The minimum atomic E-state index is 0.0485. The van der Waals surface area contributed by atoms with Crippen molar-refractivity contribution < 1.29 is 0 Å². The minimum absolute atomic E-state index is 0.0485. The lowest BCUT2D eigenvalue weighted by atomic mass is 9.83. The monoisotopic (exact) mass is 235 g/mol. The number of allylic oxidation sites excluding steroid dienone is 1. The maximum absolute atomic E-state index is 7.94. The van der Waals surface area contributed by atoms with Crippen molar-refractivity contribution in [3.05, 3.63) is 11.9 Å². The van der Waals surface area contributed by atoms with Crippen LogP contribution < -0.4 is 0 Å². The topological polar surface area (TPSA) is 39.5 Å². The van der Waals surface area contributed by atoms with Crippen LogP contribution in [0, 0.1) is 16.7 Å². The molecule has 1 aliphatic rings. The second-order valence-electron chi connectivity index (χ2n) is 6.10. The van der Waals surface area contributed by atoms with Gasteiger partial charge in [-0.25, -0.2) is 0 Å². The summed E-state index contributed by atoms with van der Waals surface area (Å²) in [7, 11) is 2.03. The smallest absolute Gasteiger partial charge is 0.0704 e. The van der Waals surface area contributed by atoms with E-state index < -0.39 is 0 Å². The molecule has 0 aliphatic heterocycles. The van der Waals surface area contributed by atoms with Crippen molar-refractivity contribution in [3.8, 4) is 0 Å². The van der Waals surface area contributed by atoms with Crippen LogP contribution in [0.4, 0.5) is 0 Å². The molecule has 3 nitrogen and oxygen atoms in total. The highest BCUT2D eigenvalue weighted by Crippen LogP contribution is 2.37. The van der Waals surface area contributed by atoms with Crippen molar-refractivity contribution >= 4 is 12.4 Å².